The van der Waals surface area contributed by atoms with Gasteiger partial charge in [-0.2, -0.15) is 0 Å². The zero-order chi connectivity index (χ0) is 13.2. The van der Waals surface area contributed by atoms with Crippen molar-refractivity contribution in [3.8, 4) is 0 Å². The van der Waals surface area contributed by atoms with Gasteiger partial charge in [0.25, 0.3) is 0 Å². The van der Waals surface area contributed by atoms with Crippen LogP contribution in [0.1, 0.15) is 5.56 Å². The monoisotopic (exact) mass is 269 g/mol. The van der Waals surface area contributed by atoms with Crippen molar-refractivity contribution in [3.05, 3.63) is 29.8 Å². The van der Waals surface area contributed by atoms with Crippen LogP contribution in [0.25, 0.3) is 0 Å². The number of aliphatic hydroxyl groups is 1. The average molecular weight is 269 g/mol. The molecular weight excluding hydrogens is 246 g/mol. The molecule has 0 unspecified atom stereocenters. The molecule has 4 heteroatoms. The molecule has 0 fully saturated rings. The summed E-state index contributed by atoms with van der Waals surface area (Å²) in [6.45, 7) is 5.60. The van der Waals surface area contributed by atoms with Gasteiger partial charge in [-0.3, -0.25) is 4.90 Å². The van der Waals surface area contributed by atoms with Crippen LogP contribution in [0.5, 0.6) is 0 Å². The number of nitrogens with zero attached hydrogens (tertiary/aromatic N) is 1. The molecule has 102 valence electrons. The third-order valence-electron chi connectivity index (χ3n) is 2.73. The van der Waals surface area contributed by atoms with Crippen LogP contribution in [0.15, 0.2) is 29.2 Å². The number of aliphatic hydroxyl groups excluding tert-OH is 1. The molecule has 18 heavy (non-hydrogen) atoms. The first-order chi connectivity index (χ1) is 8.76. The average Bonchev–Trinajstić information content (AvgIpc) is 2.38. The van der Waals surface area contributed by atoms with Crippen LogP contribution in [0, 0.1) is 6.92 Å². The minimum absolute atomic E-state index is 0.207. The second-order valence-electron chi connectivity index (χ2n) is 4.22. The topological polar surface area (TPSA) is 32.7 Å². The van der Waals surface area contributed by atoms with Gasteiger partial charge >= 0.3 is 0 Å². The molecule has 1 N–H and O–H groups in total. The number of hydrogen-bond donors (Lipinski definition) is 1. The predicted molar refractivity (Wildman–Crippen MR) is 77.3 cm³/mol. The molecule has 0 aliphatic carbocycles. The summed E-state index contributed by atoms with van der Waals surface area (Å²) in [5.74, 6) is 1.03. The summed E-state index contributed by atoms with van der Waals surface area (Å²) >= 11 is 1.85. The number of benzene rings is 1. The minimum atomic E-state index is 0.207. The zero-order valence-electron chi connectivity index (χ0n) is 11.3. The molecule has 0 saturated carbocycles. The Balaban J connectivity index is 2.26. The Hall–Kier alpha value is -0.550. The fraction of sp³-hybridized carbons (Fsp3) is 0.571. The van der Waals surface area contributed by atoms with E-state index < -0.39 is 0 Å². The molecule has 0 aliphatic heterocycles. The van der Waals surface area contributed by atoms with Gasteiger partial charge in [0.05, 0.1) is 13.2 Å². The number of thioether (sulfide) groups is 1. The smallest absolute Gasteiger partial charge is 0.0589 e. The molecule has 1 rings (SSSR count). The van der Waals surface area contributed by atoms with Gasteiger partial charge in [-0.25, -0.2) is 0 Å². The number of ether oxygens (including phenoxy) is 1. The van der Waals surface area contributed by atoms with E-state index in [0.29, 0.717) is 0 Å². The molecule has 0 radical (unpaired) electrons. The minimum Gasteiger partial charge on any atom is -0.395 e. The van der Waals surface area contributed by atoms with Gasteiger partial charge < -0.3 is 9.84 Å². The summed E-state index contributed by atoms with van der Waals surface area (Å²) in [4.78, 5) is 3.53. The summed E-state index contributed by atoms with van der Waals surface area (Å²) in [6.07, 6.45) is 0. The lowest BCUT2D eigenvalue weighted by Crippen LogP contribution is -2.32. The van der Waals surface area contributed by atoms with Crippen molar-refractivity contribution in [1.29, 1.82) is 0 Å². The highest BCUT2D eigenvalue weighted by atomic mass is 32.2. The van der Waals surface area contributed by atoms with Gasteiger partial charge in [-0.15, -0.1) is 11.8 Å². The van der Waals surface area contributed by atoms with Crippen LogP contribution in [-0.4, -0.2) is 55.7 Å². The first-order valence-electron chi connectivity index (χ1n) is 6.28. The summed E-state index contributed by atoms with van der Waals surface area (Å²) in [6, 6.07) is 8.59. The molecule has 1 aromatic carbocycles. The maximum Gasteiger partial charge on any atom is 0.0589 e. The summed E-state index contributed by atoms with van der Waals surface area (Å²) in [5.41, 5.74) is 1.29. The molecule has 0 saturated heterocycles. The normalized spacial score (nSPS) is 11.1. The Morgan fingerprint density at radius 2 is 1.89 bits per heavy atom. The van der Waals surface area contributed by atoms with Crippen molar-refractivity contribution in [2.45, 2.75) is 11.8 Å². The van der Waals surface area contributed by atoms with E-state index in [1.807, 2.05) is 11.8 Å². The fourth-order valence-corrected chi connectivity index (χ4v) is 2.54. The molecule has 0 bridgehead atoms. The standard InChI is InChI=1S/C14H23NO2S/c1-13-3-5-14(6-4-13)18-12-9-15(7-10-16)8-11-17-2/h3-6,16H,7-12H2,1-2H3. The Labute approximate surface area is 114 Å². The van der Waals surface area contributed by atoms with Crippen molar-refractivity contribution in [2.75, 3.05) is 45.7 Å². The van der Waals surface area contributed by atoms with Crippen LogP contribution in [0.4, 0.5) is 0 Å². The molecule has 0 atom stereocenters. The molecule has 0 aromatic heterocycles. The summed E-state index contributed by atoms with van der Waals surface area (Å²) in [7, 11) is 1.71. The van der Waals surface area contributed by atoms with Gasteiger partial charge in [0.2, 0.25) is 0 Å². The van der Waals surface area contributed by atoms with E-state index in [4.69, 9.17) is 9.84 Å². The lowest BCUT2D eigenvalue weighted by atomic mass is 10.2. The van der Waals surface area contributed by atoms with E-state index in [9.17, 15) is 0 Å². The number of methoxy groups -OCH3 is 1. The van der Waals surface area contributed by atoms with E-state index >= 15 is 0 Å². The Bertz CT molecular complexity index is 316. The van der Waals surface area contributed by atoms with Crippen molar-refractivity contribution >= 4 is 11.8 Å². The van der Waals surface area contributed by atoms with E-state index in [0.717, 1.165) is 32.0 Å². The highest BCUT2D eigenvalue weighted by Crippen LogP contribution is 2.18. The molecule has 0 heterocycles. The second-order valence-corrected chi connectivity index (χ2v) is 5.39. The van der Waals surface area contributed by atoms with Gasteiger partial charge in [0.1, 0.15) is 0 Å². The van der Waals surface area contributed by atoms with E-state index in [2.05, 4.69) is 36.1 Å². The molecule has 0 spiro atoms. The van der Waals surface area contributed by atoms with E-state index in [-0.39, 0.29) is 6.61 Å². The highest BCUT2D eigenvalue weighted by Gasteiger charge is 2.04. The first kappa shape index (κ1) is 15.5. The largest absolute Gasteiger partial charge is 0.395 e. The molecule has 0 amide bonds. The van der Waals surface area contributed by atoms with Crippen molar-refractivity contribution < 1.29 is 9.84 Å². The summed E-state index contributed by atoms with van der Waals surface area (Å²) in [5, 5.41) is 8.99. The maximum absolute atomic E-state index is 8.99. The van der Waals surface area contributed by atoms with Crippen molar-refractivity contribution in [3.63, 3.8) is 0 Å². The summed E-state index contributed by atoms with van der Waals surface area (Å²) < 4.78 is 5.07. The number of hydrogen-bond acceptors (Lipinski definition) is 4. The van der Waals surface area contributed by atoms with Crippen molar-refractivity contribution in [1.82, 2.24) is 4.90 Å². The third-order valence-corrected chi connectivity index (χ3v) is 3.72. The van der Waals surface area contributed by atoms with Crippen LogP contribution >= 0.6 is 11.8 Å². The predicted octanol–water partition coefficient (Wildman–Crippen LogP) is 2.03. The second kappa shape index (κ2) is 9.39. The first-order valence-corrected chi connectivity index (χ1v) is 7.26. The van der Waals surface area contributed by atoms with Crippen LogP contribution in [0.2, 0.25) is 0 Å². The number of aryl methyl sites for hydroxylation is 1. The van der Waals surface area contributed by atoms with Crippen LogP contribution in [-0.2, 0) is 4.74 Å². The van der Waals surface area contributed by atoms with E-state index in [1.165, 1.54) is 10.5 Å². The van der Waals surface area contributed by atoms with Gasteiger partial charge in [-0.05, 0) is 19.1 Å². The maximum atomic E-state index is 8.99. The zero-order valence-corrected chi connectivity index (χ0v) is 12.1. The van der Waals surface area contributed by atoms with Gasteiger partial charge in [0, 0.05) is 37.4 Å². The number of rotatable bonds is 9. The van der Waals surface area contributed by atoms with Crippen molar-refractivity contribution in [2.24, 2.45) is 0 Å². The molecular formula is C14H23NO2S. The molecule has 1 aromatic rings. The van der Waals surface area contributed by atoms with Gasteiger partial charge in [0.15, 0.2) is 0 Å². The lowest BCUT2D eigenvalue weighted by Gasteiger charge is -2.20. The Kier molecular flexibility index (Phi) is 8.09. The molecule has 0 aliphatic rings. The van der Waals surface area contributed by atoms with E-state index in [1.54, 1.807) is 7.11 Å². The lowest BCUT2D eigenvalue weighted by molar-refractivity contribution is 0.135. The third kappa shape index (κ3) is 6.40. The van der Waals surface area contributed by atoms with Crippen LogP contribution < -0.4 is 0 Å². The Morgan fingerprint density at radius 1 is 1.17 bits per heavy atom. The SMILES string of the molecule is COCCN(CCO)CCSc1ccc(C)cc1. The molecule has 3 nitrogen and oxygen atoms in total. The highest BCUT2D eigenvalue weighted by molar-refractivity contribution is 7.99. The fourth-order valence-electron chi connectivity index (χ4n) is 1.62. The van der Waals surface area contributed by atoms with Gasteiger partial charge in [-0.1, -0.05) is 17.7 Å². The Morgan fingerprint density at radius 3 is 2.50 bits per heavy atom. The van der Waals surface area contributed by atoms with Crippen LogP contribution in [0.3, 0.4) is 0 Å². The quantitative estimate of drug-likeness (QED) is 0.695.